The van der Waals surface area contributed by atoms with Gasteiger partial charge in [-0.25, -0.2) is 4.39 Å². The highest BCUT2D eigenvalue weighted by molar-refractivity contribution is 9.10. The van der Waals surface area contributed by atoms with Crippen molar-refractivity contribution >= 4 is 39.3 Å². The average molecular weight is 408 g/mol. The Balaban J connectivity index is 2.18. The van der Waals surface area contributed by atoms with Crippen LogP contribution in [0.4, 0.5) is 23.2 Å². The van der Waals surface area contributed by atoms with E-state index < -0.39 is 23.7 Å². The number of nitrogens with one attached hydrogen (secondary N) is 1. The molecule has 0 spiro atoms. The van der Waals surface area contributed by atoms with Crippen LogP contribution in [-0.2, 0) is 0 Å². The normalized spacial score (nSPS) is 11.3. The zero-order valence-electron chi connectivity index (χ0n) is 11.5. The first-order chi connectivity index (χ1) is 10.8. The van der Waals surface area contributed by atoms with Gasteiger partial charge in [0, 0.05) is 9.37 Å². The summed E-state index contributed by atoms with van der Waals surface area (Å²) in [6, 6.07) is 9.75. The first kappa shape index (κ1) is 17.8. The number of thioether (sulfide) groups is 1. The van der Waals surface area contributed by atoms with Crippen LogP contribution in [0.25, 0.3) is 0 Å². The second-order valence-corrected chi connectivity index (χ2v) is 6.35. The topological polar surface area (TPSA) is 29.1 Å². The summed E-state index contributed by atoms with van der Waals surface area (Å²) in [4.78, 5) is 12.5. The van der Waals surface area contributed by atoms with E-state index in [1.54, 1.807) is 12.1 Å². The van der Waals surface area contributed by atoms with Crippen LogP contribution in [0.15, 0.2) is 51.8 Å². The molecule has 2 rings (SSSR count). The maximum Gasteiger partial charge on any atom is 0.398 e. The van der Waals surface area contributed by atoms with Crippen molar-refractivity contribution < 1.29 is 22.4 Å². The van der Waals surface area contributed by atoms with E-state index in [1.807, 2.05) is 0 Å². The highest BCUT2D eigenvalue weighted by Crippen LogP contribution is 2.32. The zero-order valence-corrected chi connectivity index (χ0v) is 13.9. The molecule has 2 aromatic rings. The standard InChI is InChI=1S/C15H10BrF4NOS/c16-11-7-9(17)5-6-10(11)14(22)21-12-3-1-2-4-13(12)23-8-15(18,19)20/h1-7H,8H2,(H,21,22). The lowest BCUT2D eigenvalue weighted by Gasteiger charge is -2.12. The zero-order chi connectivity index (χ0) is 17.0. The SMILES string of the molecule is O=C(Nc1ccccc1SCC(F)(F)F)c1ccc(F)cc1Br. The molecule has 0 aliphatic carbocycles. The predicted molar refractivity (Wildman–Crippen MR) is 85.3 cm³/mol. The maximum atomic E-state index is 13.0. The van der Waals surface area contributed by atoms with Gasteiger partial charge in [-0.05, 0) is 46.3 Å². The van der Waals surface area contributed by atoms with Crippen LogP contribution in [0.2, 0.25) is 0 Å². The first-order valence-corrected chi connectivity index (χ1v) is 8.09. The van der Waals surface area contributed by atoms with E-state index in [2.05, 4.69) is 21.2 Å². The van der Waals surface area contributed by atoms with Crippen molar-refractivity contribution in [3.63, 3.8) is 0 Å². The molecule has 0 unspecified atom stereocenters. The lowest BCUT2D eigenvalue weighted by Crippen LogP contribution is -2.14. The molecule has 1 N–H and O–H groups in total. The molecule has 0 atom stereocenters. The molecule has 0 saturated heterocycles. The van der Waals surface area contributed by atoms with Crippen LogP contribution in [0, 0.1) is 5.82 Å². The number of carbonyl (C=O) groups is 1. The Morgan fingerprint density at radius 2 is 1.87 bits per heavy atom. The summed E-state index contributed by atoms with van der Waals surface area (Å²) in [6.45, 7) is 0. The average Bonchev–Trinajstić information content (AvgIpc) is 2.45. The summed E-state index contributed by atoms with van der Waals surface area (Å²) in [6.07, 6.45) is -4.30. The van der Waals surface area contributed by atoms with Gasteiger partial charge in [0.2, 0.25) is 0 Å². The first-order valence-electron chi connectivity index (χ1n) is 6.31. The third kappa shape index (κ3) is 5.24. The number of anilines is 1. The molecule has 0 radical (unpaired) electrons. The molecular formula is C15H10BrF4NOS. The lowest BCUT2D eigenvalue weighted by molar-refractivity contribution is -0.105. The minimum atomic E-state index is -4.30. The van der Waals surface area contributed by atoms with Gasteiger partial charge in [0.15, 0.2) is 0 Å². The Kier molecular flexibility index (Phi) is 5.69. The Hall–Kier alpha value is -1.54. The molecule has 122 valence electrons. The quantitative estimate of drug-likeness (QED) is 0.535. The smallest absolute Gasteiger partial charge is 0.321 e. The molecule has 0 heterocycles. The molecule has 2 aromatic carbocycles. The fourth-order valence-corrected chi connectivity index (χ4v) is 3.02. The van der Waals surface area contributed by atoms with Crippen LogP contribution < -0.4 is 5.32 Å². The van der Waals surface area contributed by atoms with Crippen molar-refractivity contribution in [2.45, 2.75) is 11.1 Å². The largest absolute Gasteiger partial charge is 0.398 e. The predicted octanol–water partition coefficient (Wildman–Crippen LogP) is 5.49. The van der Waals surface area contributed by atoms with Crippen molar-refractivity contribution in [2.75, 3.05) is 11.1 Å². The number of alkyl halides is 3. The molecule has 0 aromatic heterocycles. The fourth-order valence-electron chi connectivity index (χ4n) is 1.72. The molecule has 0 aliphatic rings. The van der Waals surface area contributed by atoms with Gasteiger partial charge in [0.1, 0.15) is 5.82 Å². The van der Waals surface area contributed by atoms with E-state index in [0.717, 1.165) is 12.1 Å². The number of amides is 1. The summed E-state index contributed by atoms with van der Waals surface area (Å²) in [5.41, 5.74) is 0.449. The van der Waals surface area contributed by atoms with Crippen LogP contribution in [0.5, 0.6) is 0 Å². The number of carbonyl (C=O) groups excluding carboxylic acids is 1. The number of rotatable bonds is 4. The molecule has 0 bridgehead atoms. The highest BCUT2D eigenvalue weighted by atomic mass is 79.9. The van der Waals surface area contributed by atoms with Gasteiger partial charge in [0.25, 0.3) is 5.91 Å². The molecule has 0 fully saturated rings. The van der Waals surface area contributed by atoms with Gasteiger partial charge in [-0.3, -0.25) is 4.79 Å². The van der Waals surface area contributed by atoms with E-state index in [1.165, 1.54) is 18.2 Å². The summed E-state index contributed by atoms with van der Waals surface area (Å²) in [5.74, 6) is -2.10. The molecule has 1 amide bonds. The van der Waals surface area contributed by atoms with Gasteiger partial charge >= 0.3 is 6.18 Å². The van der Waals surface area contributed by atoms with Gasteiger partial charge < -0.3 is 5.32 Å². The molecule has 23 heavy (non-hydrogen) atoms. The Morgan fingerprint density at radius 3 is 2.52 bits per heavy atom. The Bertz CT molecular complexity index is 721. The van der Waals surface area contributed by atoms with E-state index in [9.17, 15) is 22.4 Å². The number of benzene rings is 2. The van der Waals surface area contributed by atoms with Crippen LogP contribution in [0.1, 0.15) is 10.4 Å². The van der Waals surface area contributed by atoms with Crippen molar-refractivity contribution in [1.82, 2.24) is 0 Å². The lowest BCUT2D eigenvalue weighted by atomic mass is 10.2. The number of halogens is 5. The van der Waals surface area contributed by atoms with Crippen molar-refractivity contribution in [3.05, 3.63) is 58.3 Å². The number of hydrogen-bond acceptors (Lipinski definition) is 2. The Labute approximate surface area is 142 Å². The van der Waals surface area contributed by atoms with Gasteiger partial charge in [-0.1, -0.05) is 12.1 Å². The Morgan fingerprint density at radius 1 is 1.17 bits per heavy atom. The minimum Gasteiger partial charge on any atom is -0.321 e. The summed E-state index contributed by atoms with van der Waals surface area (Å²) < 4.78 is 50.3. The molecular weight excluding hydrogens is 398 g/mol. The van der Waals surface area contributed by atoms with E-state index in [-0.39, 0.29) is 15.7 Å². The van der Waals surface area contributed by atoms with Crippen LogP contribution in [0.3, 0.4) is 0 Å². The van der Waals surface area contributed by atoms with E-state index >= 15 is 0 Å². The minimum absolute atomic E-state index is 0.182. The fraction of sp³-hybridized carbons (Fsp3) is 0.133. The van der Waals surface area contributed by atoms with E-state index in [4.69, 9.17) is 0 Å². The summed E-state index contributed by atoms with van der Waals surface area (Å²) in [7, 11) is 0. The second-order valence-electron chi connectivity index (χ2n) is 4.48. The highest BCUT2D eigenvalue weighted by Gasteiger charge is 2.27. The molecule has 0 aliphatic heterocycles. The third-order valence-electron chi connectivity index (χ3n) is 2.70. The molecule has 8 heteroatoms. The van der Waals surface area contributed by atoms with Gasteiger partial charge in [-0.2, -0.15) is 13.2 Å². The second kappa shape index (κ2) is 7.35. The number of para-hydroxylation sites is 1. The third-order valence-corrected chi connectivity index (χ3v) is 4.50. The van der Waals surface area contributed by atoms with Gasteiger partial charge in [0.05, 0.1) is 17.0 Å². The van der Waals surface area contributed by atoms with Crippen molar-refractivity contribution in [1.29, 1.82) is 0 Å². The van der Waals surface area contributed by atoms with Crippen molar-refractivity contribution in [2.24, 2.45) is 0 Å². The maximum absolute atomic E-state index is 13.0. The van der Waals surface area contributed by atoms with Gasteiger partial charge in [-0.15, -0.1) is 11.8 Å². The van der Waals surface area contributed by atoms with E-state index in [0.29, 0.717) is 16.7 Å². The summed E-state index contributed by atoms with van der Waals surface area (Å²) in [5, 5.41) is 2.54. The molecule has 0 saturated carbocycles. The summed E-state index contributed by atoms with van der Waals surface area (Å²) >= 11 is 3.67. The molecule has 2 nitrogen and oxygen atoms in total. The number of hydrogen-bond donors (Lipinski definition) is 1. The monoisotopic (exact) mass is 407 g/mol. The van der Waals surface area contributed by atoms with Crippen LogP contribution in [-0.4, -0.2) is 17.8 Å². The van der Waals surface area contributed by atoms with Crippen LogP contribution >= 0.6 is 27.7 Å². The van der Waals surface area contributed by atoms with Crippen molar-refractivity contribution in [3.8, 4) is 0 Å².